The van der Waals surface area contributed by atoms with Crippen molar-refractivity contribution in [3.63, 3.8) is 0 Å². The predicted molar refractivity (Wildman–Crippen MR) is 85.2 cm³/mol. The molecule has 3 N–H and O–H groups in total. The van der Waals surface area contributed by atoms with Crippen molar-refractivity contribution in [2.24, 2.45) is 5.92 Å². The number of nitrogens with two attached hydrogens (primary N) is 1. The van der Waals surface area contributed by atoms with E-state index in [1.165, 1.54) is 11.3 Å². The van der Waals surface area contributed by atoms with Gasteiger partial charge in [0, 0.05) is 16.6 Å². The molecule has 4 nitrogen and oxygen atoms in total. The number of hydrogen-bond acceptors (Lipinski definition) is 5. The minimum absolute atomic E-state index is 0.0147. The molecule has 1 aromatic heterocycles. The maximum atomic E-state index is 12.0. The fourth-order valence-electron chi connectivity index (χ4n) is 1.71. The van der Waals surface area contributed by atoms with Crippen LogP contribution in [0.25, 0.3) is 0 Å². The number of Topliss-reactive ketones (excluding diaryl/α,β-unsaturated/α-hetero) is 1. The Morgan fingerprint density at radius 3 is 2.75 bits per heavy atom. The van der Waals surface area contributed by atoms with E-state index in [1.807, 2.05) is 32.9 Å². The Balaban J connectivity index is 2.27. The van der Waals surface area contributed by atoms with Crippen LogP contribution in [0.1, 0.15) is 29.1 Å². The summed E-state index contributed by atoms with van der Waals surface area (Å²) in [6.07, 6.45) is 0. The first-order valence-electron chi connectivity index (χ1n) is 6.22. The van der Waals surface area contributed by atoms with E-state index in [0.717, 1.165) is 11.3 Å². The fourth-order valence-corrected chi connectivity index (χ4v) is 2.92. The minimum Gasteiger partial charge on any atom is -0.382 e. The number of thiazole rings is 1. The highest BCUT2D eigenvalue weighted by atomic mass is 35.5. The summed E-state index contributed by atoms with van der Waals surface area (Å²) in [5.41, 5.74) is 7.71. The monoisotopic (exact) mass is 309 g/mol. The van der Waals surface area contributed by atoms with Crippen LogP contribution in [0.2, 0.25) is 5.02 Å². The SMILES string of the molecule is Cc1cc(Cl)ccc1Nc1nc(N)c(C(=O)C(C)C)s1. The van der Waals surface area contributed by atoms with Crippen LogP contribution in [0.4, 0.5) is 16.6 Å². The molecule has 0 bridgehead atoms. The molecule has 6 heteroatoms. The molecule has 0 atom stereocenters. The Hall–Kier alpha value is -1.59. The summed E-state index contributed by atoms with van der Waals surface area (Å²) in [5.74, 6) is 0.201. The van der Waals surface area contributed by atoms with Crippen LogP contribution in [-0.4, -0.2) is 10.8 Å². The second-order valence-electron chi connectivity index (χ2n) is 4.84. The molecule has 0 spiro atoms. The van der Waals surface area contributed by atoms with Crippen LogP contribution in [0.5, 0.6) is 0 Å². The Morgan fingerprint density at radius 2 is 2.15 bits per heavy atom. The number of benzene rings is 1. The van der Waals surface area contributed by atoms with E-state index >= 15 is 0 Å². The number of halogens is 1. The highest BCUT2D eigenvalue weighted by Gasteiger charge is 2.19. The van der Waals surface area contributed by atoms with Gasteiger partial charge in [0.1, 0.15) is 10.7 Å². The topological polar surface area (TPSA) is 68.0 Å². The summed E-state index contributed by atoms with van der Waals surface area (Å²) >= 11 is 7.19. The number of carbonyl (C=O) groups is 1. The summed E-state index contributed by atoms with van der Waals surface area (Å²) in [7, 11) is 0. The molecular weight excluding hydrogens is 294 g/mol. The maximum absolute atomic E-state index is 12.0. The number of nitrogens with zero attached hydrogens (tertiary/aromatic N) is 1. The van der Waals surface area contributed by atoms with Crippen molar-refractivity contribution in [3.8, 4) is 0 Å². The van der Waals surface area contributed by atoms with Crippen molar-refractivity contribution in [3.05, 3.63) is 33.7 Å². The molecule has 0 aliphatic carbocycles. The van der Waals surface area contributed by atoms with Crippen molar-refractivity contribution < 1.29 is 4.79 Å². The van der Waals surface area contributed by atoms with E-state index < -0.39 is 0 Å². The molecule has 20 heavy (non-hydrogen) atoms. The van der Waals surface area contributed by atoms with E-state index in [4.69, 9.17) is 17.3 Å². The smallest absolute Gasteiger partial charge is 0.189 e. The van der Waals surface area contributed by atoms with Crippen molar-refractivity contribution in [1.29, 1.82) is 0 Å². The second-order valence-corrected chi connectivity index (χ2v) is 6.27. The van der Waals surface area contributed by atoms with E-state index in [1.54, 1.807) is 6.07 Å². The number of carbonyl (C=O) groups excluding carboxylic acids is 1. The molecule has 1 heterocycles. The van der Waals surface area contributed by atoms with Crippen LogP contribution < -0.4 is 11.1 Å². The first kappa shape index (κ1) is 14.8. The molecule has 2 rings (SSSR count). The van der Waals surface area contributed by atoms with Crippen molar-refractivity contribution in [2.75, 3.05) is 11.1 Å². The molecular formula is C14H16ClN3OS. The van der Waals surface area contributed by atoms with Gasteiger partial charge in [-0.1, -0.05) is 36.8 Å². The normalized spacial score (nSPS) is 10.8. The van der Waals surface area contributed by atoms with E-state index in [2.05, 4.69) is 10.3 Å². The van der Waals surface area contributed by atoms with Gasteiger partial charge in [0.15, 0.2) is 10.9 Å². The Kier molecular flexibility index (Phi) is 4.30. The fraction of sp³-hybridized carbons (Fsp3) is 0.286. The van der Waals surface area contributed by atoms with Gasteiger partial charge in [0.05, 0.1) is 0 Å². The lowest BCUT2D eigenvalue weighted by Gasteiger charge is -2.06. The molecule has 2 aromatic rings. The zero-order chi connectivity index (χ0) is 14.9. The first-order valence-corrected chi connectivity index (χ1v) is 7.41. The lowest BCUT2D eigenvalue weighted by molar-refractivity contribution is 0.0944. The van der Waals surface area contributed by atoms with Crippen LogP contribution in [-0.2, 0) is 0 Å². The third-order valence-corrected chi connectivity index (χ3v) is 4.07. The van der Waals surface area contributed by atoms with Gasteiger partial charge in [0.2, 0.25) is 0 Å². The minimum atomic E-state index is -0.0946. The van der Waals surface area contributed by atoms with Gasteiger partial charge < -0.3 is 11.1 Å². The third kappa shape index (κ3) is 3.11. The van der Waals surface area contributed by atoms with E-state index in [-0.39, 0.29) is 17.5 Å². The van der Waals surface area contributed by atoms with Crippen LogP contribution >= 0.6 is 22.9 Å². The molecule has 0 aliphatic heterocycles. The number of rotatable bonds is 4. The number of anilines is 3. The Morgan fingerprint density at radius 1 is 1.45 bits per heavy atom. The zero-order valence-corrected chi connectivity index (χ0v) is 13.1. The summed E-state index contributed by atoms with van der Waals surface area (Å²) in [4.78, 5) is 16.7. The molecule has 0 aliphatic rings. The molecule has 0 radical (unpaired) electrons. The second kappa shape index (κ2) is 5.81. The van der Waals surface area contributed by atoms with Gasteiger partial charge in [-0.05, 0) is 30.7 Å². The highest BCUT2D eigenvalue weighted by Crippen LogP contribution is 2.31. The predicted octanol–water partition coefficient (Wildman–Crippen LogP) is 4.27. The molecule has 106 valence electrons. The molecule has 0 amide bonds. The van der Waals surface area contributed by atoms with Gasteiger partial charge in [-0.3, -0.25) is 4.79 Å². The van der Waals surface area contributed by atoms with Gasteiger partial charge in [-0.2, -0.15) is 0 Å². The van der Waals surface area contributed by atoms with Gasteiger partial charge >= 0.3 is 0 Å². The summed E-state index contributed by atoms with van der Waals surface area (Å²) in [6, 6.07) is 5.54. The molecule has 0 saturated heterocycles. The number of ketones is 1. The van der Waals surface area contributed by atoms with Crippen molar-refractivity contribution in [2.45, 2.75) is 20.8 Å². The van der Waals surface area contributed by atoms with Crippen LogP contribution in [0.15, 0.2) is 18.2 Å². The third-order valence-electron chi connectivity index (χ3n) is 2.83. The van der Waals surface area contributed by atoms with Gasteiger partial charge in [-0.15, -0.1) is 0 Å². The summed E-state index contributed by atoms with van der Waals surface area (Å²) in [5, 5.41) is 4.46. The first-order chi connectivity index (χ1) is 9.38. The number of aryl methyl sites for hydroxylation is 1. The number of aromatic nitrogens is 1. The molecule has 0 fully saturated rings. The standard InChI is InChI=1S/C14H16ClN3OS/c1-7(2)11(19)12-13(16)18-14(20-12)17-10-5-4-9(15)6-8(10)3/h4-7H,16H2,1-3H3,(H,17,18). The maximum Gasteiger partial charge on any atom is 0.189 e. The lowest BCUT2D eigenvalue weighted by atomic mass is 10.1. The highest BCUT2D eigenvalue weighted by molar-refractivity contribution is 7.18. The van der Waals surface area contributed by atoms with Crippen molar-refractivity contribution in [1.82, 2.24) is 4.98 Å². The molecule has 1 aromatic carbocycles. The zero-order valence-electron chi connectivity index (χ0n) is 11.5. The average Bonchev–Trinajstić information content (AvgIpc) is 2.73. The Labute approximate surface area is 127 Å². The summed E-state index contributed by atoms with van der Waals surface area (Å²) in [6.45, 7) is 5.64. The molecule has 0 saturated carbocycles. The van der Waals surface area contributed by atoms with E-state index in [9.17, 15) is 4.79 Å². The largest absolute Gasteiger partial charge is 0.382 e. The van der Waals surface area contributed by atoms with Crippen LogP contribution in [0, 0.1) is 12.8 Å². The van der Waals surface area contributed by atoms with Gasteiger partial charge in [0.25, 0.3) is 0 Å². The molecule has 0 unspecified atom stereocenters. The number of nitrogens with one attached hydrogen (secondary N) is 1. The van der Waals surface area contributed by atoms with Crippen molar-refractivity contribution >= 4 is 45.4 Å². The lowest BCUT2D eigenvalue weighted by Crippen LogP contribution is -2.07. The number of hydrogen-bond donors (Lipinski definition) is 2. The Bertz CT molecular complexity index is 652. The number of nitrogen functional groups attached to an aromatic ring is 1. The summed E-state index contributed by atoms with van der Waals surface area (Å²) < 4.78 is 0. The van der Waals surface area contributed by atoms with Crippen LogP contribution in [0.3, 0.4) is 0 Å². The van der Waals surface area contributed by atoms with Gasteiger partial charge in [-0.25, -0.2) is 4.98 Å². The van der Waals surface area contributed by atoms with E-state index in [0.29, 0.717) is 15.0 Å². The quantitative estimate of drug-likeness (QED) is 0.828. The average molecular weight is 310 g/mol.